The lowest BCUT2D eigenvalue weighted by Gasteiger charge is -2.22. The minimum Gasteiger partial charge on any atom is -0.314 e. The van der Waals surface area contributed by atoms with E-state index in [0.29, 0.717) is 12.0 Å². The first-order valence-corrected chi connectivity index (χ1v) is 7.54. The molecule has 0 heterocycles. The molecule has 0 amide bonds. The van der Waals surface area contributed by atoms with E-state index >= 15 is 0 Å². The molecule has 0 bridgehead atoms. The lowest BCUT2D eigenvalue weighted by molar-refractivity contribution is 0.489. The fourth-order valence-electron chi connectivity index (χ4n) is 2.86. The number of hydrogen-bond acceptors (Lipinski definition) is 1. The first-order chi connectivity index (χ1) is 9.69. The van der Waals surface area contributed by atoms with Crippen molar-refractivity contribution in [1.82, 2.24) is 5.32 Å². The summed E-state index contributed by atoms with van der Waals surface area (Å²) in [6, 6.07) is 4.09. The summed E-state index contributed by atoms with van der Waals surface area (Å²) in [5, 5.41) is 3.42. The molecule has 0 spiro atoms. The van der Waals surface area contributed by atoms with Gasteiger partial charge in [-0.15, -0.1) is 0 Å². The Morgan fingerprint density at radius 2 is 2.05 bits per heavy atom. The van der Waals surface area contributed by atoms with Crippen LogP contribution in [0.2, 0.25) is 0 Å². The third kappa shape index (κ3) is 4.41. The maximum atomic E-state index is 13.7. The number of allylic oxidation sites excluding steroid dienone is 1. The molecule has 0 aromatic heterocycles. The molecule has 1 N–H and O–H groups in total. The molecule has 0 saturated heterocycles. The van der Waals surface area contributed by atoms with Gasteiger partial charge in [0.1, 0.15) is 11.6 Å². The molecular weight excluding hydrogens is 256 g/mol. The van der Waals surface area contributed by atoms with Crippen molar-refractivity contribution in [2.45, 2.75) is 51.5 Å². The van der Waals surface area contributed by atoms with Crippen LogP contribution >= 0.6 is 0 Å². The van der Waals surface area contributed by atoms with Crippen LogP contribution in [0.15, 0.2) is 29.8 Å². The van der Waals surface area contributed by atoms with Gasteiger partial charge in [-0.1, -0.05) is 24.6 Å². The van der Waals surface area contributed by atoms with Crippen LogP contribution in [0.25, 0.3) is 0 Å². The van der Waals surface area contributed by atoms with Crippen LogP contribution in [0.5, 0.6) is 0 Å². The van der Waals surface area contributed by atoms with Crippen LogP contribution in [0.4, 0.5) is 8.78 Å². The molecule has 1 aliphatic rings. The van der Waals surface area contributed by atoms with E-state index in [2.05, 4.69) is 18.3 Å². The molecule has 2 rings (SSSR count). The third-order valence-corrected chi connectivity index (χ3v) is 3.87. The Labute approximate surface area is 120 Å². The van der Waals surface area contributed by atoms with E-state index in [0.717, 1.165) is 25.5 Å². The lowest BCUT2D eigenvalue weighted by atomic mass is 9.91. The summed E-state index contributed by atoms with van der Waals surface area (Å²) in [6.07, 6.45) is 8.77. The maximum Gasteiger partial charge on any atom is 0.129 e. The monoisotopic (exact) mass is 279 g/mol. The molecular formula is C17H23F2N. The highest BCUT2D eigenvalue weighted by Crippen LogP contribution is 2.23. The molecule has 0 saturated carbocycles. The van der Waals surface area contributed by atoms with E-state index in [1.165, 1.54) is 30.9 Å². The summed E-state index contributed by atoms with van der Waals surface area (Å²) in [6.45, 7) is 2.92. The Morgan fingerprint density at radius 1 is 1.20 bits per heavy atom. The zero-order valence-corrected chi connectivity index (χ0v) is 12.1. The first kappa shape index (κ1) is 15.2. The van der Waals surface area contributed by atoms with E-state index in [4.69, 9.17) is 0 Å². The number of likely N-dealkylation sites (N-methyl/N-ethyl adjacent to an activating group) is 1. The first-order valence-electron chi connectivity index (χ1n) is 7.54. The van der Waals surface area contributed by atoms with Crippen molar-refractivity contribution in [1.29, 1.82) is 0 Å². The van der Waals surface area contributed by atoms with Gasteiger partial charge in [0.25, 0.3) is 0 Å². The minimum absolute atomic E-state index is 0.226. The summed E-state index contributed by atoms with van der Waals surface area (Å²) in [7, 11) is 0. The van der Waals surface area contributed by atoms with Gasteiger partial charge >= 0.3 is 0 Å². The van der Waals surface area contributed by atoms with Crippen molar-refractivity contribution in [2.75, 3.05) is 6.54 Å². The average Bonchev–Trinajstić information content (AvgIpc) is 2.43. The summed E-state index contributed by atoms with van der Waals surface area (Å²) < 4.78 is 26.7. The molecule has 20 heavy (non-hydrogen) atoms. The normalized spacial score (nSPS) is 16.9. The van der Waals surface area contributed by atoms with E-state index < -0.39 is 11.6 Å². The third-order valence-electron chi connectivity index (χ3n) is 3.87. The van der Waals surface area contributed by atoms with Gasteiger partial charge in [-0.25, -0.2) is 8.78 Å². The second-order valence-corrected chi connectivity index (χ2v) is 5.51. The zero-order chi connectivity index (χ0) is 14.4. The SMILES string of the molecule is CCNC(CC1=CCCCC1)Cc1ccc(F)cc1F. The molecule has 0 radical (unpaired) electrons. The van der Waals surface area contributed by atoms with Gasteiger partial charge in [-0.2, -0.15) is 0 Å². The molecule has 0 fully saturated rings. The highest BCUT2D eigenvalue weighted by molar-refractivity contribution is 5.20. The smallest absolute Gasteiger partial charge is 0.129 e. The summed E-state index contributed by atoms with van der Waals surface area (Å²) in [4.78, 5) is 0. The van der Waals surface area contributed by atoms with Gasteiger partial charge < -0.3 is 5.32 Å². The average molecular weight is 279 g/mol. The Bertz CT molecular complexity index is 468. The van der Waals surface area contributed by atoms with Gasteiger partial charge in [0.05, 0.1) is 0 Å². The van der Waals surface area contributed by atoms with Gasteiger partial charge in [0.2, 0.25) is 0 Å². The minimum atomic E-state index is -0.513. The van der Waals surface area contributed by atoms with Crippen LogP contribution in [-0.2, 0) is 6.42 Å². The molecule has 0 aliphatic heterocycles. The zero-order valence-electron chi connectivity index (χ0n) is 12.1. The van der Waals surface area contributed by atoms with Crippen molar-refractivity contribution < 1.29 is 8.78 Å². The Balaban J connectivity index is 2.02. The van der Waals surface area contributed by atoms with E-state index in [1.54, 1.807) is 6.07 Å². The van der Waals surface area contributed by atoms with Gasteiger partial charge in [-0.05, 0) is 56.7 Å². The molecule has 1 atom stereocenters. The van der Waals surface area contributed by atoms with Crippen LogP contribution in [0, 0.1) is 11.6 Å². The highest BCUT2D eigenvalue weighted by Gasteiger charge is 2.15. The molecule has 1 aromatic rings. The molecule has 110 valence electrons. The quantitative estimate of drug-likeness (QED) is 0.762. The molecule has 3 heteroatoms. The second kappa shape index (κ2) is 7.53. The number of hydrogen-bond donors (Lipinski definition) is 1. The van der Waals surface area contributed by atoms with Gasteiger partial charge in [-0.3, -0.25) is 0 Å². The molecule has 1 unspecified atom stereocenters. The Morgan fingerprint density at radius 3 is 2.70 bits per heavy atom. The fourth-order valence-corrected chi connectivity index (χ4v) is 2.86. The van der Waals surface area contributed by atoms with Crippen molar-refractivity contribution in [2.24, 2.45) is 0 Å². The molecule has 1 aromatic carbocycles. The van der Waals surface area contributed by atoms with Crippen molar-refractivity contribution >= 4 is 0 Å². The second-order valence-electron chi connectivity index (χ2n) is 5.51. The van der Waals surface area contributed by atoms with Crippen LogP contribution in [0.3, 0.4) is 0 Å². The van der Waals surface area contributed by atoms with E-state index in [-0.39, 0.29) is 6.04 Å². The Kier molecular flexibility index (Phi) is 5.72. The summed E-state index contributed by atoms with van der Waals surface area (Å²) in [5.74, 6) is -0.952. The van der Waals surface area contributed by atoms with E-state index in [1.807, 2.05) is 0 Å². The van der Waals surface area contributed by atoms with Crippen molar-refractivity contribution in [3.8, 4) is 0 Å². The number of nitrogens with one attached hydrogen (secondary N) is 1. The van der Waals surface area contributed by atoms with Crippen molar-refractivity contribution in [3.63, 3.8) is 0 Å². The molecule has 1 aliphatic carbocycles. The standard InChI is InChI=1S/C17H23F2N/c1-2-20-16(10-13-6-4-3-5-7-13)11-14-8-9-15(18)12-17(14)19/h6,8-9,12,16,20H,2-5,7,10-11H2,1H3. The lowest BCUT2D eigenvalue weighted by Crippen LogP contribution is -2.32. The highest BCUT2D eigenvalue weighted by atomic mass is 19.1. The van der Waals surface area contributed by atoms with Crippen LogP contribution < -0.4 is 5.32 Å². The van der Waals surface area contributed by atoms with Gasteiger partial charge in [0.15, 0.2) is 0 Å². The fraction of sp³-hybridized carbons (Fsp3) is 0.529. The summed E-state index contributed by atoms with van der Waals surface area (Å²) >= 11 is 0. The largest absolute Gasteiger partial charge is 0.314 e. The summed E-state index contributed by atoms with van der Waals surface area (Å²) in [5.41, 5.74) is 2.07. The molecule has 1 nitrogen and oxygen atoms in total. The Hall–Kier alpha value is -1.22. The predicted octanol–water partition coefficient (Wildman–Crippen LogP) is 4.38. The van der Waals surface area contributed by atoms with Crippen LogP contribution in [0.1, 0.15) is 44.6 Å². The van der Waals surface area contributed by atoms with Crippen LogP contribution in [-0.4, -0.2) is 12.6 Å². The number of rotatable bonds is 6. The number of halogens is 2. The van der Waals surface area contributed by atoms with E-state index in [9.17, 15) is 8.78 Å². The maximum absolute atomic E-state index is 13.7. The topological polar surface area (TPSA) is 12.0 Å². The van der Waals surface area contributed by atoms with Gasteiger partial charge in [0, 0.05) is 12.1 Å². The number of benzene rings is 1. The predicted molar refractivity (Wildman–Crippen MR) is 78.7 cm³/mol. The van der Waals surface area contributed by atoms with Crippen molar-refractivity contribution in [3.05, 3.63) is 47.0 Å².